The number of sulfonamides is 1. The Labute approximate surface area is 278 Å². The Bertz CT molecular complexity index is 1880. The molecule has 13 heteroatoms. The molecule has 0 N–H and O–H groups in total. The molecule has 4 aromatic rings. The SMILES string of the molecule is COC(=O)c1ccc(OC(=O)N2C[C@@H](CN([C@H](C)c3cccc(OC)c3)S(=O)(=O)c3ccccc3[N+](=O)[O-])[C@@H](c3ccccc3)C2)cc1. The molecular formula is C35H35N3O9S. The summed E-state index contributed by atoms with van der Waals surface area (Å²) in [6.07, 6.45) is -0.641. The molecule has 250 valence electrons. The second kappa shape index (κ2) is 14.7. The summed E-state index contributed by atoms with van der Waals surface area (Å²) in [5, 5.41) is 12.0. The molecule has 1 aliphatic heterocycles. The van der Waals surface area contributed by atoms with Crippen LogP contribution in [0.3, 0.4) is 0 Å². The highest BCUT2D eigenvalue weighted by molar-refractivity contribution is 7.89. The molecule has 1 amide bonds. The van der Waals surface area contributed by atoms with Crippen molar-refractivity contribution in [1.29, 1.82) is 0 Å². The second-order valence-electron chi connectivity index (χ2n) is 11.3. The van der Waals surface area contributed by atoms with Gasteiger partial charge < -0.3 is 19.1 Å². The standard InChI is InChI=1S/C35H35N3O9S/c1-24(27-12-9-13-30(20-27)45-2)37(48(43,44)33-15-8-7-14-32(33)38(41)42)22-28-21-36(23-31(28)25-10-5-4-6-11-25)35(40)47-29-18-16-26(17-19-29)34(39)46-3/h4-20,24,28,31H,21-23H2,1-3H3/t24-,28+,31-/m1/s1. The quantitative estimate of drug-likeness (QED) is 0.105. The monoisotopic (exact) mass is 673 g/mol. The zero-order valence-electron chi connectivity index (χ0n) is 26.6. The largest absolute Gasteiger partial charge is 0.497 e. The summed E-state index contributed by atoms with van der Waals surface area (Å²) in [6, 6.07) is 26.9. The van der Waals surface area contributed by atoms with Crippen molar-refractivity contribution in [3.05, 3.63) is 130 Å². The average molecular weight is 674 g/mol. The van der Waals surface area contributed by atoms with Crippen molar-refractivity contribution >= 4 is 27.8 Å². The van der Waals surface area contributed by atoms with Crippen LogP contribution in [0.5, 0.6) is 11.5 Å². The molecule has 0 aliphatic carbocycles. The van der Waals surface area contributed by atoms with Gasteiger partial charge in [-0.25, -0.2) is 18.0 Å². The van der Waals surface area contributed by atoms with Crippen molar-refractivity contribution < 1.29 is 37.1 Å². The van der Waals surface area contributed by atoms with Gasteiger partial charge in [0, 0.05) is 37.7 Å². The number of ether oxygens (including phenoxy) is 3. The summed E-state index contributed by atoms with van der Waals surface area (Å²) >= 11 is 0. The first-order chi connectivity index (χ1) is 23.0. The van der Waals surface area contributed by atoms with Gasteiger partial charge in [-0.2, -0.15) is 4.31 Å². The van der Waals surface area contributed by atoms with Crippen LogP contribution in [0.25, 0.3) is 0 Å². The number of hydrogen-bond acceptors (Lipinski definition) is 9. The molecule has 1 fully saturated rings. The highest BCUT2D eigenvalue weighted by atomic mass is 32.2. The third-order valence-electron chi connectivity index (χ3n) is 8.48. The predicted octanol–water partition coefficient (Wildman–Crippen LogP) is 6.06. The number of hydrogen-bond donors (Lipinski definition) is 0. The number of nitro groups is 1. The molecule has 4 aromatic carbocycles. The van der Waals surface area contributed by atoms with Crippen LogP contribution in [0.15, 0.2) is 108 Å². The van der Waals surface area contributed by atoms with Crippen molar-refractivity contribution in [3.8, 4) is 11.5 Å². The Morgan fingerprint density at radius 1 is 0.917 bits per heavy atom. The van der Waals surface area contributed by atoms with E-state index in [2.05, 4.69) is 0 Å². The molecule has 1 aliphatic rings. The summed E-state index contributed by atoms with van der Waals surface area (Å²) in [5.41, 5.74) is 1.29. The van der Waals surface area contributed by atoms with E-state index in [0.29, 0.717) is 16.9 Å². The van der Waals surface area contributed by atoms with Crippen molar-refractivity contribution in [2.75, 3.05) is 33.9 Å². The van der Waals surface area contributed by atoms with E-state index < -0.39 is 49.6 Å². The van der Waals surface area contributed by atoms with Crippen molar-refractivity contribution in [1.82, 2.24) is 9.21 Å². The minimum Gasteiger partial charge on any atom is -0.497 e. The van der Waals surface area contributed by atoms with Crippen molar-refractivity contribution in [2.45, 2.75) is 23.8 Å². The van der Waals surface area contributed by atoms with Crippen LogP contribution < -0.4 is 9.47 Å². The van der Waals surface area contributed by atoms with Crippen LogP contribution in [0.4, 0.5) is 10.5 Å². The first-order valence-corrected chi connectivity index (χ1v) is 16.6. The van der Waals surface area contributed by atoms with Gasteiger partial charge in [-0.05, 0) is 66.4 Å². The maximum Gasteiger partial charge on any atom is 0.415 e. The maximum atomic E-state index is 14.5. The highest BCUT2D eigenvalue weighted by Gasteiger charge is 2.43. The number of esters is 1. The number of carbonyl (C=O) groups is 2. The zero-order valence-corrected chi connectivity index (χ0v) is 27.4. The van der Waals surface area contributed by atoms with Gasteiger partial charge in [-0.1, -0.05) is 54.6 Å². The predicted molar refractivity (Wildman–Crippen MR) is 176 cm³/mol. The molecular weight excluding hydrogens is 638 g/mol. The van der Waals surface area contributed by atoms with E-state index in [9.17, 15) is 28.1 Å². The van der Waals surface area contributed by atoms with Gasteiger partial charge in [-0.3, -0.25) is 10.1 Å². The highest BCUT2D eigenvalue weighted by Crippen LogP contribution is 2.39. The number of amides is 1. The van der Waals surface area contributed by atoms with Crippen molar-refractivity contribution in [2.24, 2.45) is 5.92 Å². The van der Waals surface area contributed by atoms with Gasteiger partial charge in [0.1, 0.15) is 11.5 Å². The molecule has 0 radical (unpaired) electrons. The molecule has 0 unspecified atom stereocenters. The fourth-order valence-electron chi connectivity index (χ4n) is 5.94. The lowest BCUT2D eigenvalue weighted by molar-refractivity contribution is -0.387. The number of carbonyl (C=O) groups excluding carboxylic acids is 2. The lowest BCUT2D eigenvalue weighted by Crippen LogP contribution is -2.40. The van der Waals surface area contributed by atoms with E-state index in [1.54, 1.807) is 31.2 Å². The number of methoxy groups -OCH3 is 2. The Hall–Kier alpha value is -5.27. The lowest BCUT2D eigenvalue weighted by Gasteiger charge is -2.32. The summed E-state index contributed by atoms with van der Waals surface area (Å²) in [7, 11) is -1.68. The van der Waals surface area contributed by atoms with Gasteiger partial charge in [-0.15, -0.1) is 0 Å². The number of nitro benzene ring substituents is 1. The minimum atomic E-state index is -4.46. The number of para-hydroxylation sites is 1. The Morgan fingerprint density at radius 3 is 2.27 bits per heavy atom. The normalized spacial score (nSPS) is 16.7. The summed E-state index contributed by atoms with van der Waals surface area (Å²) in [6.45, 7) is 2.04. The maximum absolute atomic E-state index is 14.5. The van der Waals surface area contributed by atoms with E-state index in [1.807, 2.05) is 30.3 Å². The lowest BCUT2D eigenvalue weighted by atomic mass is 9.88. The summed E-state index contributed by atoms with van der Waals surface area (Å²) in [4.78, 5) is 37.6. The van der Waals surface area contributed by atoms with E-state index in [-0.39, 0.29) is 31.3 Å². The fraction of sp³-hybridized carbons (Fsp3) is 0.257. The number of likely N-dealkylation sites (tertiary alicyclic amines) is 1. The van der Waals surface area contributed by atoms with Gasteiger partial charge in [0.25, 0.3) is 5.69 Å². The van der Waals surface area contributed by atoms with Gasteiger partial charge in [0.2, 0.25) is 10.0 Å². The molecule has 12 nitrogen and oxygen atoms in total. The molecule has 0 aromatic heterocycles. The average Bonchev–Trinajstić information content (AvgIpc) is 3.55. The van der Waals surface area contributed by atoms with E-state index in [4.69, 9.17) is 14.2 Å². The number of rotatable bonds is 11. The first kappa shape index (κ1) is 34.1. The molecule has 0 saturated carbocycles. The molecule has 1 saturated heterocycles. The van der Waals surface area contributed by atoms with Crippen LogP contribution >= 0.6 is 0 Å². The first-order valence-electron chi connectivity index (χ1n) is 15.1. The zero-order chi connectivity index (χ0) is 34.4. The fourth-order valence-corrected chi connectivity index (χ4v) is 7.78. The molecule has 0 spiro atoms. The van der Waals surface area contributed by atoms with Crippen LogP contribution in [0.2, 0.25) is 0 Å². The summed E-state index contributed by atoms with van der Waals surface area (Å²) < 4.78 is 45.9. The van der Waals surface area contributed by atoms with Crippen molar-refractivity contribution in [3.63, 3.8) is 0 Å². The third-order valence-corrected chi connectivity index (χ3v) is 10.5. The topological polar surface area (TPSA) is 146 Å². The third kappa shape index (κ3) is 7.32. The smallest absolute Gasteiger partial charge is 0.415 e. The minimum absolute atomic E-state index is 0.0656. The van der Waals surface area contributed by atoms with Crippen LogP contribution in [-0.4, -0.2) is 68.5 Å². The molecule has 3 atom stereocenters. The summed E-state index contributed by atoms with van der Waals surface area (Å²) in [5.74, 6) is -0.489. The molecule has 5 rings (SSSR count). The molecule has 48 heavy (non-hydrogen) atoms. The molecule has 0 bridgehead atoms. The Balaban J connectivity index is 1.50. The molecule has 1 heterocycles. The Kier molecular flexibility index (Phi) is 10.4. The van der Waals surface area contributed by atoms with Gasteiger partial charge in [0.15, 0.2) is 4.90 Å². The van der Waals surface area contributed by atoms with E-state index in [1.165, 1.54) is 72.0 Å². The van der Waals surface area contributed by atoms with E-state index >= 15 is 0 Å². The number of benzene rings is 4. The Morgan fingerprint density at radius 2 is 1.60 bits per heavy atom. The van der Waals surface area contributed by atoms with Crippen LogP contribution in [0.1, 0.15) is 40.4 Å². The van der Waals surface area contributed by atoms with E-state index in [0.717, 1.165) is 5.56 Å². The number of nitrogens with zero attached hydrogens (tertiary/aromatic N) is 3. The van der Waals surface area contributed by atoms with Gasteiger partial charge >= 0.3 is 12.1 Å². The van der Waals surface area contributed by atoms with Crippen LogP contribution in [0, 0.1) is 16.0 Å². The van der Waals surface area contributed by atoms with Crippen LogP contribution in [-0.2, 0) is 14.8 Å². The second-order valence-corrected chi connectivity index (χ2v) is 13.2. The van der Waals surface area contributed by atoms with Gasteiger partial charge in [0.05, 0.1) is 24.7 Å².